The molecule has 3 atom stereocenters. The highest BCUT2D eigenvalue weighted by Gasteiger charge is 2.37. The molecule has 7 heteroatoms. The molecule has 0 saturated carbocycles. The van der Waals surface area contributed by atoms with Crippen LogP contribution < -0.4 is 20.6 Å². The van der Waals surface area contributed by atoms with Gasteiger partial charge in [0.1, 0.15) is 17.7 Å². The number of nitrogens with one attached hydrogen (secondary N) is 1. The number of carbonyl (C=O) groups excluding carboxylic acids is 1. The molecule has 2 aromatic carbocycles. The first-order valence-electron chi connectivity index (χ1n) is 16.6. The van der Waals surface area contributed by atoms with E-state index in [4.69, 9.17) is 14.5 Å². The lowest BCUT2D eigenvalue weighted by molar-refractivity contribution is -0.143. The van der Waals surface area contributed by atoms with Crippen LogP contribution in [0.15, 0.2) is 41.7 Å². The zero-order chi connectivity index (χ0) is 31.4. The van der Waals surface area contributed by atoms with Crippen molar-refractivity contribution in [3.05, 3.63) is 63.9 Å². The molecule has 0 aromatic heterocycles. The number of fused-ring (bicyclic) bond motifs is 4. The van der Waals surface area contributed by atoms with Crippen molar-refractivity contribution in [1.29, 1.82) is 0 Å². The van der Waals surface area contributed by atoms with E-state index in [1.54, 1.807) is 0 Å². The number of benzene rings is 2. The number of ether oxygens (including phenoxy) is 2. The smallest absolute Gasteiger partial charge is 0.305 e. The molecule has 2 aromatic rings. The predicted molar refractivity (Wildman–Crippen MR) is 177 cm³/mol. The van der Waals surface area contributed by atoms with Crippen LogP contribution in [0.4, 0.5) is 5.69 Å². The summed E-state index contributed by atoms with van der Waals surface area (Å²) < 4.78 is 11.9. The van der Waals surface area contributed by atoms with Gasteiger partial charge in [-0.1, -0.05) is 20.3 Å². The van der Waals surface area contributed by atoms with E-state index >= 15 is 0 Å². The fraction of sp³-hybridized carbons (Fsp3) is 0.568. The van der Waals surface area contributed by atoms with Crippen LogP contribution in [0.3, 0.4) is 0 Å². The summed E-state index contributed by atoms with van der Waals surface area (Å²) in [6.07, 6.45) is 9.89. The van der Waals surface area contributed by atoms with E-state index in [2.05, 4.69) is 100 Å². The van der Waals surface area contributed by atoms with Gasteiger partial charge in [-0.3, -0.25) is 9.79 Å². The van der Waals surface area contributed by atoms with Crippen LogP contribution in [0.2, 0.25) is 0 Å². The van der Waals surface area contributed by atoms with E-state index in [0.29, 0.717) is 24.9 Å². The predicted octanol–water partition coefficient (Wildman–Crippen LogP) is 6.76. The number of carbonyl (C=O) groups is 1. The van der Waals surface area contributed by atoms with Gasteiger partial charge in [-0.25, -0.2) is 0 Å². The first-order chi connectivity index (χ1) is 20.9. The van der Waals surface area contributed by atoms with Crippen molar-refractivity contribution in [2.45, 2.75) is 116 Å². The molecule has 4 aliphatic rings. The summed E-state index contributed by atoms with van der Waals surface area (Å²) in [4.78, 5) is 21.8. The minimum absolute atomic E-state index is 0.0269. The summed E-state index contributed by atoms with van der Waals surface area (Å²) in [5.41, 5.74) is 6.24. The second-order valence-electron chi connectivity index (χ2n) is 14.7. The Hall–Kier alpha value is -3.48. The van der Waals surface area contributed by atoms with Crippen LogP contribution in [0.5, 0.6) is 11.5 Å². The molecular weight excluding hydrogens is 548 g/mol. The number of hydrogen-bond acceptors (Lipinski definition) is 7. The van der Waals surface area contributed by atoms with E-state index < -0.39 is 0 Å². The molecular formula is C37H50N4O3. The molecule has 0 bridgehead atoms. The van der Waals surface area contributed by atoms with Crippen molar-refractivity contribution in [3.63, 3.8) is 0 Å². The Morgan fingerprint density at radius 2 is 1.77 bits per heavy atom. The van der Waals surface area contributed by atoms with Gasteiger partial charge in [0.25, 0.3) is 0 Å². The summed E-state index contributed by atoms with van der Waals surface area (Å²) >= 11 is 0. The number of hydrogen-bond donors (Lipinski definition) is 1. The lowest BCUT2D eigenvalue weighted by Gasteiger charge is -2.40. The van der Waals surface area contributed by atoms with Crippen LogP contribution in [-0.4, -0.2) is 53.2 Å². The fourth-order valence-electron chi connectivity index (χ4n) is 7.97. The van der Waals surface area contributed by atoms with Crippen LogP contribution in [0.1, 0.15) is 116 Å². The number of likely N-dealkylation sites (N-methyl/N-ethyl adjacent to an activating group) is 1. The normalized spacial score (nSPS) is 23.9. The van der Waals surface area contributed by atoms with Gasteiger partial charge in [-0.05, 0) is 95.4 Å². The van der Waals surface area contributed by atoms with Gasteiger partial charge < -0.3 is 24.6 Å². The lowest BCUT2D eigenvalue weighted by Crippen LogP contribution is -2.43. The molecule has 0 spiro atoms. The molecule has 0 fully saturated rings. The SMILES string of the molecule is CCOC(=O)CCCCCN1C=CN(C)C1C1=c2cc3c(cc2Oc2cc4c(cc21)C(C)CC(C)(C)N4)=NC(C)(C)CC3C. The second-order valence-corrected chi connectivity index (χ2v) is 14.7. The van der Waals surface area contributed by atoms with Crippen molar-refractivity contribution in [1.82, 2.24) is 9.80 Å². The van der Waals surface area contributed by atoms with Crippen LogP contribution >= 0.6 is 0 Å². The van der Waals surface area contributed by atoms with E-state index in [-0.39, 0.29) is 23.2 Å². The maximum atomic E-state index is 11.8. The van der Waals surface area contributed by atoms with E-state index in [1.807, 2.05) is 6.92 Å². The van der Waals surface area contributed by atoms with E-state index in [9.17, 15) is 4.79 Å². The number of anilines is 1. The van der Waals surface area contributed by atoms with Gasteiger partial charge in [-0.15, -0.1) is 0 Å². The van der Waals surface area contributed by atoms with Gasteiger partial charge in [0.05, 0.1) is 17.5 Å². The van der Waals surface area contributed by atoms with Crippen molar-refractivity contribution in [2.75, 3.05) is 25.5 Å². The average molecular weight is 599 g/mol. The summed E-state index contributed by atoms with van der Waals surface area (Å²) in [7, 11) is 2.17. The van der Waals surface area contributed by atoms with Crippen molar-refractivity contribution < 1.29 is 14.3 Å². The van der Waals surface area contributed by atoms with Gasteiger partial charge in [0.15, 0.2) is 0 Å². The topological polar surface area (TPSA) is 66.4 Å². The third-order valence-corrected chi connectivity index (χ3v) is 9.72. The zero-order valence-electron chi connectivity index (χ0n) is 27.9. The number of nitrogens with zero attached hydrogens (tertiary/aromatic N) is 3. The first kappa shape index (κ1) is 30.5. The van der Waals surface area contributed by atoms with Crippen LogP contribution in [0, 0.1) is 0 Å². The van der Waals surface area contributed by atoms with Crippen molar-refractivity contribution in [2.24, 2.45) is 4.99 Å². The summed E-state index contributed by atoms with van der Waals surface area (Å²) in [6.45, 7) is 16.9. The largest absolute Gasteiger partial charge is 0.466 e. The van der Waals surface area contributed by atoms with Gasteiger partial charge in [0.2, 0.25) is 0 Å². The molecule has 3 unspecified atom stereocenters. The number of unbranched alkanes of at least 4 members (excludes halogenated alkanes) is 2. The highest BCUT2D eigenvalue weighted by molar-refractivity contribution is 5.81. The van der Waals surface area contributed by atoms with Gasteiger partial charge in [0, 0.05) is 72.1 Å². The Balaban J connectivity index is 1.44. The summed E-state index contributed by atoms with van der Waals surface area (Å²) in [5, 5.41) is 6.01. The number of esters is 1. The van der Waals surface area contributed by atoms with Gasteiger partial charge in [-0.2, -0.15) is 0 Å². The zero-order valence-corrected chi connectivity index (χ0v) is 27.9. The molecule has 6 rings (SSSR count). The van der Waals surface area contributed by atoms with Crippen molar-refractivity contribution >= 4 is 17.2 Å². The average Bonchev–Trinajstić information content (AvgIpc) is 3.28. The fourth-order valence-corrected chi connectivity index (χ4v) is 7.97. The van der Waals surface area contributed by atoms with Gasteiger partial charge >= 0.3 is 5.97 Å². The standard InChI is InChI=1S/C37H50N4O3/c1-9-43-33(42)13-11-10-12-14-41-16-15-40(8)35(41)34-27-17-25-23(2)21-36(4,5)38-29(25)19-31(27)44-32-20-30-26(18-28(32)34)24(3)22-37(6,7)39-30/h15-20,23-24,35,38H,9-14,21-22H2,1-8H3. The quantitative estimate of drug-likeness (QED) is 0.268. The maximum Gasteiger partial charge on any atom is 0.305 e. The molecule has 0 amide bonds. The highest BCUT2D eigenvalue weighted by atomic mass is 16.5. The molecule has 236 valence electrons. The summed E-state index contributed by atoms with van der Waals surface area (Å²) in [5.74, 6) is 2.54. The Labute approximate surface area is 263 Å². The Morgan fingerprint density at radius 3 is 2.55 bits per heavy atom. The van der Waals surface area contributed by atoms with Crippen LogP contribution in [-0.2, 0) is 9.53 Å². The Bertz CT molecular complexity index is 1610. The molecule has 7 nitrogen and oxygen atoms in total. The first-order valence-corrected chi connectivity index (χ1v) is 16.6. The molecule has 44 heavy (non-hydrogen) atoms. The lowest BCUT2D eigenvalue weighted by atomic mass is 9.80. The molecule has 4 aliphatic heterocycles. The van der Waals surface area contributed by atoms with Crippen LogP contribution in [0.25, 0.3) is 5.57 Å². The Kier molecular flexibility index (Phi) is 7.96. The molecule has 0 radical (unpaired) electrons. The molecule has 0 saturated heterocycles. The third kappa shape index (κ3) is 5.82. The monoisotopic (exact) mass is 598 g/mol. The molecule has 0 aliphatic carbocycles. The van der Waals surface area contributed by atoms with Crippen molar-refractivity contribution in [3.8, 4) is 11.5 Å². The second kappa shape index (κ2) is 11.5. The Morgan fingerprint density at radius 1 is 1.00 bits per heavy atom. The maximum absolute atomic E-state index is 11.8. The number of rotatable bonds is 8. The molecule has 1 N–H and O–H groups in total. The third-order valence-electron chi connectivity index (χ3n) is 9.72. The molecule has 4 heterocycles. The van der Waals surface area contributed by atoms with E-state index in [1.165, 1.54) is 33.2 Å². The minimum Gasteiger partial charge on any atom is -0.466 e. The highest BCUT2D eigenvalue weighted by Crippen LogP contribution is 2.46. The summed E-state index contributed by atoms with van der Waals surface area (Å²) in [6, 6.07) is 9.19. The van der Waals surface area contributed by atoms with E-state index in [0.717, 1.165) is 55.5 Å². The minimum atomic E-state index is -0.0970.